The van der Waals surface area contributed by atoms with E-state index >= 15 is 0 Å². The predicted molar refractivity (Wildman–Crippen MR) is 127 cm³/mol. The molecule has 3 aliphatic heterocycles. The molecule has 2 aromatic carbocycles. The number of piperazine rings is 1. The van der Waals surface area contributed by atoms with E-state index in [9.17, 15) is 4.79 Å². The summed E-state index contributed by atoms with van der Waals surface area (Å²) in [5.41, 5.74) is 5.49. The van der Waals surface area contributed by atoms with Gasteiger partial charge in [-0.05, 0) is 72.6 Å². The van der Waals surface area contributed by atoms with Crippen molar-refractivity contribution in [3.63, 3.8) is 0 Å². The number of hydrogen-bond acceptors (Lipinski definition) is 5. The fraction of sp³-hybridized carbons (Fsp3) is 0.440. The highest BCUT2D eigenvalue weighted by Gasteiger charge is 2.31. The fourth-order valence-corrected chi connectivity index (χ4v) is 6.26. The van der Waals surface area contributed by atoms with Gasteiger partial charge >= 0.3 is 0 Å². The number of fused-ring (bicyclic) bond motifs is 1. The number of amides is 1. The number of anilines is 2. The molecular formula is C25H28N4OS. The van der Waals surface area contributed by atoms with Crippen molar-refractivity contribution in [1.29, 1.82) is 0 Å². The third kappa shape index (κ3) is 3.52. The Kier molecular flexibility index (Phi) is 4.92. The smallest absolute Gasteiger partial charge is 0.227 e. The van der Waals surface area contributed by atoms with Crippen molar-refractivity contribution in [2.24, 2.45) is 0 Å². The molecule has 160 valence electrons. The quantitative estimate of drug-likeness (QED) is 0.613. The molecule has 4 heterocycles. The van der Waals surface area contributed by atoms with Gasteiger partial charge in [0.1, 0.15) is 5.82 Å². The number of carbonyl (C=O) groups excluding carboxylic acids is 1. The Bertz CT molecular complexity index is 1130. The lowest BCUT2D eigenvalue weighted by molar-refractivity contribution is -0.118. The number of hydrogen-bond donors (Lipinski definition) is 0. The number of rotatable bonds is 5. The largest absolute Gasteiger partial charge is 0.353 e. The van der Waals surface area contributed by atoms with Gasteiger partial charge in [-0.2, -0.15) is 4.37 Å². The molecule has 0 bridgehead atoms. The van der Waals surface area contributed by atoms with Crippen LogP contribution >= 0.6 is 11.5 Å². The van der Waals surface area contributed by atoms with Gasteiger partial charge in [-0.15, -0.1) is 0 Å². The Balaban J connectivity index is 1.04. The Morgan fingerprint density at radius 1 is 0.935 bits per heavy atom. The third-order valence-corrected chi connectivity index (χ3v) is 7.90. The van der Waals surface area contributed by atoms with E-state index in [0.29, 0.717) is 12.3 Å². The first-order valence-corrected chi connectivity index (χ1v) is 12.3. The van der Waals surface area contributed by atoms with E-state index in [0.717, 1.165) is 58.5 Å². The molecule has 0 N–H and O–H groups in total. The molecule has 31 heavy (non-hydrogen) atoms. The Morgan fingerprint density at radius 2 is 1.74 bits per heavy atom. The molecule has 3 aromatic rings. The van der Waals surface area contributed by atoms with Crippen LogP contribution in [0.3, 0.4) is 0 Å². The summed E-state index contributed by atoms with van der Waals surface area (Å²) in [6.45, 7) is 6.36. The van der Waals surface area contributed by atoms with Crippen LogP contribution in [0.15, 0.2) is 36.4 Å². The van der Waals surface area contributed by atoms with Crippen LogP contribution < -0.4 is 9.80 Å². The topological polar surface area (TPSA) is 39.7 Å². The number of benzene rings is 2. The molecule has 5 nitrogen and oxygen atoms in total. The second-order valence-electron chi connectivity index (χ2n) is 8.99. The second kappa shape index (κ2) is 7.92. The van der Waals surface area contributed by atoms with Crippen LogP contribution in [0.2, 0.25) is 0 Å². The summed E-state index contributed by atoms with van der Waals surface area (Å²) >= 11 is 1.61. The minimum absolute atomic E-state index is 0.309. The number of aromatic nitrogens is 1. The van der Waals surface area contributed by atoms with Gasteiger partial charge in [-0.1, -0.05) is 24.3 Å². The number of aryl methyl sites for hydroxylation is 2. The molecule has 1 amide bonds. The molecule has 1 saturated heterocycles. The van der Waals surface area contributed by atoms with Crippen molar-refractivity contribution in [3.05, 3.63) is 53.1 Å². The van der Waals surface area contributed by atoms with Crippen molar-refractivity contribution in [2.45, 2.75) is 32.1 Å². The van der Waals surface area contributed by atoms with E-state index in [2.05, 4.69) is 46.2 Å². The van der Waals surface area contributed by atoms with Crippen LogP contribution in [0.5, 0.6) is 0 Å². The maximum atomic E-state index is 12.1. The van der Waals surface area contributed by atoms with Crippen LogP contribution in [0, 0.1) is 0 Å². The summed E-state index contributed by atoms with van der Waals surface area (Å²) in [4.78, 5) is 19.2. The minimum atomic E-state index is 0.309. The van der Waals surface area contributed by atoms with Gasteiger partial charge in [0.25, 0.3) is 0 Å². The first-order valence-electron chi connectivity index (χ1n) is 11.5. The molecule has 0 saturated carbocycles. The van der Waals surface area contributed by atoms with Gasteiger partial charge in [0, 0.05) is 44.5 Å². The van der Waals surface area contributed by atoms with E-state index < -0.39 is 0 Å². The van der Waals surface area contributed by atoms with Crippen molar-refractivity contribution in [3.8, 4) is 0 Å². The monoisotopic (exact) mass is 432 g/mol. The van der Waals surface area contributed by atoms with Gasteiger partial charge in [-0.25, -0.2) is 0 Å². The molecule has 3 aliphatic rings. The third-order valence-electron chi connectivity index (χ3n) is 7.08. The van der Waals surface area contributed by atoms with Gasteiger partial charge in [0.05, 0.1) is 10.4 Å². The highest BCUT2D eigenvalue weighted by molar-refractivity contribution is 7.13. The number of carbonyl (C=O) groups is 1. The highest BCUT2D eigenvalue weighted by atomic mass is 32.1. The summed E-state index contributed by atoms with van der Waals surface area (Å²) < 4.78 is 6.01. The first kappa shape index (κ1) is 19.3. The summed E-state index contributed by atoms with van der Waals surface area (Å²) in [6.07, 6.45) is 4.94. The lowest BCUT2D eigenvalue weighted by Gasteiger charge is -2.35. The summed E-state index contributed by atoms with van der Waals surface area (Å²) in [7, 11) is 0. The normalized spacial score (nSPS) is 18.8. The molecule has 6 rings (SSSR count). The van der Waals surface area contributed by atoms with Crippen molar-refractivity contribution < 1.29 is 4.79 Å². The van der Waals surface area contributed by atoms with Crippen LogP contribution in [0.4, 0.5) is 11.5 Å². The average Bonchev–Trinajstić information content (AvgIpc) is 3.42. The Labute approximate surface area is 187 Å². The highest BCUT2D eigenvalue weighted by Crippen LogP contribution is 2.37. The van der Waals surface area contributed by atoms with E-state index in [1.54, 1.807) is 11.5 Å². The molecule has 1 fully saturated rings. The molecule has 0 spiro atoms. The van der Waals surface area contributed by atoms with E-state index in [-0.39, 0.29) is 0 Å². The average molecular weight is 433 g/mol. The van der Waals surface area contributed by atoms with Gasteiger partial charge in [0.15, 0.2) is 0 Å². The summed E-state index contributed by atoms with van der Waals surface area (Å²) in [6, 6.07) is 13.3. The van der Waals surface area contributed by atoms with E-state index in [1.807, 2.05) is 4.90 Å². The van der Waals surface area contributed by atoms with Crippen LogP contribution in [-0.2, 0) is 24.1 Å². The SMILES string of the molecule is O=C1CCc2cc(CCCN3CCN(c4nsc5ccccc45)CC3)cc3c2N1CC3. The van der Waals surface area contributed by atoms with Crippen LogP contribution in [-0.4, -0.2) is 54.4 Å². The molecule has 0 aliphatic carbocycles. The Morgan fingerprint density at radius 3 is 2.61 bits per heavy atom. The summed E-state index contributed by atoms with van der Waals surface area (Å²) in [5, 5.41) is 1.29. The fourth-order valence-electron chi connectivity index (χ4n) is 5.47. The zero-order chi connectivity index (χ0) is 20.8. The second-order valence-corrected chi connectivity index (χ2v) is 9.80. The number of nitrogens with zero attached hydrogens (tertiary/aromatic N) is 4. The van der Waals surface area contributed by atoms with Gasteiger partial charge in [-0.3, -0.25) is 9.69 Å². The maximum Gasteiger partial charge on any atom is 0.227 e. The first-order chi connectivity index (χ1) is 15.3. The molecule has 0 atom stereocenters. The van der Waals surface area contributed by atoms with Crippen molar-refractivity contribution in [2.75, 3.05) is 49.1 Å². The lowest BCUT2D eigenvalue weighted by Crippen LogP contribution is -2.46. The molecule has 1 aromatic heterocycles. The standard InChI is InChI=1S/C25H28N4OS/c30-23-8-7-19-16-18(17-20-9-11-29(23)24(19)20)4-3-10-27-12-14-28(15-13-27)25-21-5-1-2-6-22(21)31-26-25/h1-2,5-6,16-17H,3-4,7-15H2. The van der Waals surface area contributed by atoms with Crippen LogP contribution in [0.1, 0.15) is 29.5 Å². The Hall–Kier alpha value is -2.44. The van der Waals surface area contributed by atoms with Crippen molar-refractivity contribution in [1.82, 2.24) is 9.27 Å². The zero-order valence-corrected chi connectivity index (χ0v) is 18.7. The van der Waals surface area contributed by atoms with Gasteiger partial charge < -0.3 is 9.80 Å². The summed E-state index contributed by atoms with van der Waals surface area (Å²) in [5.74, 6) is 1.48. The lowest BCUT2D eigenvalue weighted by atomic mass is 9.95. The van der Waals surface area contributed by atoms with Crippen LogP contribution in [0.25, 0.3) is 10.1 Å². The zero-order valence-electron chi connectivity index (χ0n) is 17.8. The van der Waals surface area contributed by atoms with E-state index in [1.165, 1.54) is 44.7 Å². The maximum absolute atomic E-state index is 12.1. The molecule has 0 unspecified atom stereocenters. The van der Waals surface area contributed by atoms with Gasteiger partial charge in [0.2, 0.25) is 5.91 Å². The minimum Gasteiger partial charge on any atom is -0.353 e. The van der Waals surface area contributed by atoms with E-state index in [4.69, 9.17) is 4.37 Å². The molecule has 6 heteroatoms. The molecular weight excluding hydrogens is 404 g/mol. The predicted octanol–water partition coefficient (Wildman–Crippen LogP) is 3.89. The molecule has 0 radical (unpaired) electrons. The van der Waals surface area contributed by atoms with Crippen molar-refractivity contribution >= 4 is 39.0 Å².